The smallest absolute Gasteiger partial charge is 0.228 e. The van der Waals surface area contributed by atoms with Crippen LogP contribution >= 0.6 is 0 Å². The minimum Gasteiger partial charge on any atom is -0.374 e. The molecule has 3 aliphatic rings. The molecule has 0 unspecified atom stereocenters. The van der Waals surface area contributed by atoms with Crippen LogP contribution in [0.15, 0.2) is 66.9 Å². The zero-order chi connectivity index (χ0) is 28.9. The maximum Gasteiger partial charge on any atom is 0.228 e. The summed E-state index contributed by atoms with van der Waals surface area (Å²) in [4.78, 5) is 22.6. The molecule has 0 aliphatic carbocycles. The van der Waals surface area contributed by atoms with E-state index in [-0.39, 0.29) is 30.1 Å². The Morgan fingerprint density at radius 2 is 1.43 bits per heavy atom. The second kappa shape index (κ2) is 13.3. The highest BCUT2D eigenvalue weighted by Crippen LogP contribution is 2.31. The van der Waals surface area contributed by atoms with E-state index in [9.17, 15) is 4.79 Å². The fourth-order valence-electron chi connectivity index (χ4n) is 6.67. The Balaban J connectivity index is 0.929. The van der Waals surface area contributed by atoms with Crippen LogP contribution in [-0.2, 0) is 16.1 Å². The SMILES string of the molecule is C[C@H](C(=O)N1CCN(c2ccccc2)CC1)[C@@H]1CC[C@H](C[C@@H](C)n2cc(CN3CCN(c4ccccc4)CC3)nn2)O1. The zero-order valence-electron chi connectivity index (χ0n) is 25.1. The van der Waals surface area contributed by atoms with E-state index in [4.69, 9.17) is 4.74 Å². The number of hydrogen-bond donors (Lipinski definition) is 0. The summed E-state index contributed by atoms with van der Waals surface area (Å²) in [6.07, 6.45) is 5.04. The van der Waals surface area contributed by atoms with Gasteiger partial charge in [-0.25, -0.2) is 4.68 Å². The first-order chi connectivity index (χ1) is 20.5. The number of aromatic nitrogens is 3. The lowest BCUT2D eigenvalue weighted by Crippen LogP contribution is -2.51. The van der Waals surface area contributed by atoms with Gasteiger partial charge in [0.15, 0.2) is 0 Å². The van der Waals surface area contributed by atoms with Crippen LogP contribution in [0.5, 0.6) is 0 Å². The van der Waals surface area contributed by atoms with Gasteiger partial charge in [-0.05, 0) is 50.5 Å². The number of carbonyl (C=O) groups is 1. The van der Waals surface area contributed by atoms with Gasteiger partial charge >= 0.3 is 0 Å². The normalized spacial score (nSPS) is 23.2. The molecular formula is C33H45N7O2. The monoisotopic (exact) mass is 571 g/mol. The van der Waals surface area contributed by atoms with Crippen LogP contribution in [0.25, 0.3) is 0 Å². The molecule has 0 spiro atoms. The number of benzene rings is 2. The third kappa shape index (κ3) is 6.79. The molecule has 3 fully saturated rings. The molecule has 2 aromatic carbocycles. The van der Waals surface area contributed by atoms with Crippen molar-refractivity contribution in [2.75, 3.05) is 62.2 Å². The Morgan fingerprint density at radius 1 is 0.833 bits per heavy atom. The van der Waals surface area contributed by atoms with Crippen molar-refractivity contribution in [2.45, 2.75) is 57.9 Å². The van der Waals surface area contributed by atoms with Crippen LogP contribution < -0.4 is 9.80 Å². The molecule has 42 heavy (non-hydrogen) atoms. The molecule has 3 saturated heterocycles. The van der Waals surface area contributed by atoms with Crippen LogP contribution in [0.4, 0.5) is 11.4 Å². The van der Waals surface area contributed by atoms with Crippen LogP contribution in [0.3, 0.4) is 0 Å². The standard InChI is InChI=1S/C33H45N7O2/c1-26(40-25-28(34-35-40)24-36-15-17-37(18-16-36)29-9-5-3-6-10-29)23-31-13-14-32(42-31)27(2)33(41)39-21-19-38(20-22-39)30-11-7-4-8-12-30/h3-12,25-27,31-32H,13-24H2,1-2H3/t26-,27+,31-,32+/m1/s1. The van der Waals surface area contributed by atoms with Crippen molar-refractivity contribution in [1.29, 1.82) is 0 Å². The summed E-state index contributed by atoms with van der Waals surface area (Å²) >= 11 is 0. The Labute approximate surface area is 250 Å². The zero-order valence-corrected chi connectivity index (χ0v) is 25.1. The average molecular weight is 572 g/mol. The van der Waals surface area contributed by atoms with Crippen molar-refractivity contribution in [3.8, 4) is 0 Å². The van der Waals surface area contributed by atoms with Crippen molar-refractivity contribution in [3.63, 3.8) is 0 Å². The predicted molar refractivity (Wildman–Crippen MR) is 166 cm³/mol. The minimum absolute atomic E-state index is 0.0114. The Morgan fingerprint density at radius 3 is 2.05 bits per heavy atom. The summed E-state index contributed by atoms with van der Waals surface area (Å²) in [7, 11) is 0. The summed E-state index contributed by atoms with van der Waals surface area (Å²) in [5.41, 5.74) is 3.55. The number of carbonyl (C=O) groups excluding carboxylic acids is 1. The van der Waals surface area contributed by atoms with Gasteiger partial charge in [0.2, 0.25) is 5.91 Å². The van der Waals surface area contributed by atoms with Crippen LogP contribution in [0.1, 0.15) is 44.8 Å². The Hall–Kier alpha value is -3.43. The van der Waals surface area contributed by atoms with Gasteiger partial charge in [-0.2, -0.15) is 0 Å². The van der Waals surface area contributed by atoms with Crippen molar-refractivity contribution in [2.24, 2.45) is 5.92 Å². The van der Waals surface area contributed by atoms with Crippen LogP contribution in [-0.4, -0.2) is 95.3 Å². The van der Waals surface area contributed by atoms with Gasteiger partial charge < -0.3 is 19.4 Å². The Bertz CT molecular complexity index is 1270. The number of hydrogen-bond acceptors (Lipinski definition) is 7. The third-order valence-corrected chi connectivity index (χ3v) is 9.29. The molecule has 0 radical (unpaired) electrons. The molecule has 4 heterocycles. The third-order valence-electron chi connectivity index (χ3n) is 9.29. The fraction of sp³-hybridized carbons (Fsp3) is 0.545. The molecule has 0 N–H and O–H groups in total. The lowest BCUT2D eigenvalue weighted by atomic mass is 9.99. The maximum atomic E-state index is 13.3. The summed E-state index contributed by atoms with van der Waals surface area (Å²) in [6, 6.07) is 21.3. The largest absolute Gasteiger partial charge is 0.374 e. The van der Waals surface area contributed by atoms with Gasteiger partial charge in [-0.15, -0.1) is 5.10 Å². The molecule has 0 saturated carbocycles. The van der Waals surface area contributed by atoms with E-state index in [2.05, 4.69) is 92.7 Å². The number of anilines is 2. The van der Waals surface area contributed by atoms with Gasteiger partial charge in [0.25, 0.3) is 0 Å². The summed E-state index contributed by atoms with van der Waals surface area (Å²) in [5.74, 6) is 0.112. The molecule has 6 rings (SSSR count). The highest BCUT2D eigenvalue weighted by molar-refractivity contribution is 5.79. The van der Waals surface area contributed by atoms with E-state index < -0.39 is 0 Å². The van der Waals surface area contributed by atoms with E-state index in [1.165, 1.54) is 11.4 Å². The number of nitrogens with zero attached hydrogens (tertiary/aromatic N) is 7. The van der Waals surface area contributed by atoms with Gasteiger partial charge in [0.1, 0.15) is 0 Å². The number of amides is 1. The van der Waals surface area contributed by atoms with Crippen LogP contribution in [0, 0.1) is 5.92 Å². The van der Waals surface area contributed by atoms with E-state index in [0.29, 0.717) is 0 Å². The quantitative estimate of drug-likeness (QED) is 0.383. The molecule has 9 nitrogen and oxygen atoms in total. The lowest BCUT2D eigenvalue weighted by Gasteiger charge is -2.37. The number of piperazine rings is 2. The lowest BCUT2D eigenvalue weighted by molar-refractivity contribution is -0.140. The Kier molecular flexibility index (Phi) is 9.05. The van der Waals surface area contributed by atoms with Crippen LogP contribution in [0.2, 0.25) is 0 Å². The topological polar surface area (TPSA) is 70.0 Å². The molecule has 4 atom stereocenters. The van der Waals surface area contributed by atoms with Crippen molar-refractivity contribution in [3.05, 3.63) is 72.6 Å². The second-order valence-corrected chi connectivity index (χ2v) is 12.2. The first-order valence-corrected chi connectivity index (χ1v) is 15.7. The molecular weight excluding hydrogens is 526 g/mol. The molecule has 224 valence electrons. The number of ether oxygens (including phenoxy) is 1. The maximum absolute atomic E-state index is 13.3. The number of para-hydroxylation sites is 2. The van der Waals surface area contributed by atoms with E-state index in [1.807, 2.05) is 22.6 Å². The first-order valence-electron chi connectivity index (χ1n) is 15.7. The molecule has 9 heteroatoms. The van der Waals surface area contributed by atoms with E-state index >= 15 is 0 Å². The van der Waals surface area contributed by atoms with Gasteiger partial charge in [0, 0.05) is 70.3 Å². The second-order valence-electron chi connectivity index (χ2n) is 12.2. The summed E-state index contributed by atoms with van der Waals surface area (Å²) in [6.45, 7) is 12.4. The van der Waals surface area contributed by atoms with Gasteiger partial charge in [-0.1, -0.05) is 48.5 Å². The van der Waals surface area contributed by atoms with Crippen molar-refractivity contribution < 1.29 is 9.53 Å². The van der Waals surface area contributed by atoms with E-state index in [1.54, 1.807) is 0 Å². The summed E-state index contributed by atoms with van der Waals surface area (Å²) < 4.78 is 8.45. The molecule has 1 amide bonds. The first kappa shape index (κ1) is 28.7. The van der Waals surface area contributed by atoms with Crippen molar-refractivity contribution >= 4 is 17.3 Å². The highest BCUT2D eigenvalue weighted by Gasteiger charge is 2.36. The average Bonchev–Trinajstić information content (AvgIpc) is 3.72. The number of rotatable bonds is 9. The highest BCUT2D eigenvalue weighted by atomic mass is 16.5. The molecule has 1 aromatic heterocycles. The molecule has 3 aliphatic heterocycles. The molecule has 3 aromatic rings. The van der Waals surface area contributed by atoms with E-state index in [0.717, 1.165) is 83.9 Å². The predicted octanol–water partition coefficient (Wildman–Crippen LogP) is 4.08. The summed E-state index contributed by atoms with van der Waals surface area (Å²) in [5, 5.41) is 8.96. The minimum atomic E-state index is -0.117. The van der Waals surface area contributed by atoms with Crippen molar-refractivity contribution in [1.82, 2.24) is 24.8 Å². The van der Waals surface area contributed by atoms with Gasteiger partial charge in [0.05, 0.1) is 36.1 Å². The van der Waals surface area contributed by atoms with Gasteiger partial charge in [-0.3, -0.25) is 9.69 Å². The fourth-order valence-corrected chi connectivity index (χ4v) is 6.67. The molecule has 0 bridgehead atoms.